The van der Waals surface area contributed by atoms with Crippen LogP contribution in [0.4, 0.5) is 0 Å². The van der Waals surface area contributed by atoms with Crippen molar-refractivity contribution in [3.63, 3.8) is 0 Å². The second-order valence-electron chi connectivity index (χ2n) is 4.83. The molecular weight excluding hydrogens is 156 g/mol. The molecule has 13 heavy (non-hydrogen) atoms. The summed E-state index contributed by atoms with van der Waals surface area (Å²) in [4.78, 5) is 0. The van der Waals surface area contributed by atoms with Gasteiger partial charge in [0.15, 0.2) is 0 Å². The van der Waals surface area contributed by atoms with Gasteiger partial charge in [0.1, 0.15) is 0 Å². The fourth-order valence-electron chi connectivity index (χ4n) is 2.34. The third kappa shape index (κ3) is 2.46. The van der Waals surface area contributed by atoms with Crippen LogP contribution in [0.25, 0.3) is 0 Å². The van der Waals surface area contributed by atoms with Gasteiger partial charge in [-0.3, -0.25) is 0 Å². The maximum atomic E-state index is 4.11. The van der Waals surface area contributed by atoms with E-state index < -0.39 is 0 Å². The SMILES string of the molecule is C=C(C)[C@@H]1CCC(C)=C[C@H]1C(C)C. The molecule has 0 spiro atoms. The molecule has 0 heterocycles. The van der Waals surface area contributed by atoms with Gasteiger partial charge in [-0.2, -0.15) is 0 Å². The van der Waals surface area contributed by atoms with E-state index in [1.807, 2.05) is 0 Å². The molecule has 0 saturated carbocycles. The van der Waals surface area contributed by atoms with Gasteiger partial charge >= 0.3 is 0 Å². The lowest BCUT2D eigenvalue weighted by Gasteiger charge is -2.32. The maximum Gasteiger partial charge on any atom is -0.0140 e. The van der Waals surface area contributed by atoms with E-state index in [1.54, 1.807) is 5.57 Å². The molecule has 74 valence electrons. The molecule has 0 N–H and O–H groups in total. The van der Waals surface area contributed by atoms with E-state index >= 15 is 0 Å². The zero-order valence-corrected chi connectivity index (χ0v) is 9.43. The molecule has 0 unspecified atom stereocenters. The highest BCUT2D eigenvalue weighted by atomic mass is 14.3. The summed E-state index contributed by atoms with van der Waals surface area (Å²) in [6.07, 6.45) is 5.04. The number of hydrogen-bond donors (Lipinski definition) is 0. The van der Waals surface area contributed by atoms with Crippen LogP contribution in [0.2, 0.25) is 0 Å². The lowest BCUT2D eigenvalue weighted by atomic mass is 9.73. The van der Waals surface area contributed by atoms with E-state index in [2.05, 4.69) is 40.3 Å². The predicted octanol–water partition coefficient (Wildman–Crippen LogP) is 4.19. The second-order valence-corrected chi connectivity index (χ2v) is 4.83. The van der Waals surface area contributed by atoms with E-state index in [0.29, 0.717) is 0 Å². The van der Waals surface area contributed by atoms with Crippen LogP contribution in [-0.2, 0) is 0 Å². The van der Waals surface area contributed by atoms with Gasteiger partial charge in [-0.1, -0.05) is 37.6 Å². The maximum absolute atomic E-state index is 4.11. The average Bonchev–Trinajstić information content (AvgIpc) is 2.03. The third-order valence-corrected chi connectivity index (χ3v) is 3.19. The number of allylic oxidation sites excluding steroid dienone is 3. The molecule has 0 nitrogen and oxygen atoms in total. The van der Waals surface area contributed by atoms with Gasteiger partial charge < -0.3 is 0 Å². The smallest absolute Gasteiger partial charge is 0.0140 e. The molecule has 0 aromatic rings. The first-order valence-electron chi connectivity index (χ1n) is 5.35. The standard InChI is InChI=1S/C13H22/c1-9(2)12-7-6-11(5)8-13(12)10(3)4/h8,10,12-13H,1,6-7H2,2-5H3/t12-,13-/m0/s1. The highest BCUT2D eigenvalue weighted by molar-refractivity contribution is 5.14. The lowest BCUT2D eigenvalue weighted by molar-refractivity contribution is 0.317. The van der Waals surface area contributed by atoms with E-state index in [0.717, 1.165) is 17.8 Å². The van der Waals surface area contributed by atoms with Crippen molar-refractivity contribution in [2.24, 2.45) is 17.8 Å². The van der Waals surface area contributed by atoms with E-state index in [1.165, 1.54) is 18.4 Å². The first kappa shape index (κ1) is 10.6. The molecular formula is C13H22. The molecule has 1 aliphatic rings. The van der Waals surface area contributed by atoms with Gasteiger partial charge in [0, 0.05) is 0 Å². The van der Waals surface area contributed by atoms with Crippen LogP contribution in [0, 0.1) is 17.8 Å². The Labute approximate surface area is 82.7 Å². The summed E-state index contributed by atoms with van der Waals surface area (Å²) in [7, 11) is 0. The molecule has 1 aliphatic carbocycles. The van der Waals surface area contributed by atoms with Crippen molar-refractivity contribution in [2.45, 2.75) is 40.5 Å². The van der Waals surface area contributed by atoms with Crippen molar-refractivity contribution in [1.82, 2.24) is 0 Å². The second kappa shape index (κ2) is 4.13. The van der Waals surface area contributed by atoms with Crippen LogP contribution < -0.4 is 0 Å². The number of rotatable bonds is 2. The van der Waals surface area contributed by atoms with Crippen LogP contribution in [0.1, 0.15) is 40.5 Å². The zero-order valence-electron chi connectivity index (χ0n) is 9.43. The van der Waals surface area contributed by atoms with Gasteiger partial charge in [0.25, 0.3) is 0 Å². The van der Waals surface area contributed by atoms with Crippen molar-refractivity contribution in [3.05, 3.63) is 23.8 Å². The largest absolute Gasteiger partial charge is 0.0998 e. The fourth-order valence-corrected chi connectivity index (χ4v) is 2.34. The molecule has 0 heteroatoms. The van der Waals surface area contributed by atoms with Crippen molar-refractivity contribution in [3.8, 4) is 0 Å². The van der Waals surface area contributed by atoms with Crippen LogP contribution in [0.15, 0.2) is 23.8 Å². The van der Waals surface area contributed by atoms with Gasteiger partial charge in [-0.15, -0.1) is 0 Å². The molecule has 0 saturated heterocycles. The summed E-state index contributed by atoms with van der Waals surface area (Å²) in [6.45, 7) is 13.2. The van der Waals surface area contributed by atoms with Gasteiger partial charge in [0.2, 0.25) is 0 Å². The molecule has 0 aliphatic heterocycles. The quantitative estimate of drug-likeness (QED) is 0.556. The highest BCUT2D eigenvalue weighted by Gasteiger charge is 2.26. The predicted molar refractivity (Wildman–Crippen MR) is 59.6 cm³/mol. The molecule has 0 fully saturated rings. The topological polar surface area (TPSA) is 0 Å². The Kier molecular flexibility index (Phi) is 3.35. The summed E-state index contributed by atoms with van der Waals surface area (Å²) in [6, 6.07) is 0. The average molecular weight is 178 g/mol. The zero-order chi connectivity index (χ0) is 10.0. The van der Waals surface area contributed by atoms with Gasteiger partial charge in [-0.25, -0.2) is 0 Å². The minimum absolute atomic E-state index is 0.726. The molecule has 0 aromatic heterocycles. The Hall–Kier alpha value is -0.520. The summed E-state index contributed by atoms with van der Waals surface area (Å²) in [5, 5.41) is 0. The van der Waals surface area contributed by atoms with Crippen molar-refractivity contribution in [2.75, 3.05) is 0 Å². The van der Waals surface area contributed by atoms with Crippen LogP contribution in [0.5, 0.6) is 0 Å². The van der Waals surface area contributed by atoms with Gasteiger partial charge in [0.05, 0.1) is 0 Å². The van der Waals surface area contributed by atoms with Crippen molar-refractivity contribution in [1.29, 1.82) is 0 Å². The number of hydrogen-bond acceptors (Lipinski definition) is 0. The van der Waals surface area contributed by atoms with Crippen LogP contribution in [-0.4, -0.2) is 0 Å². The Balaban J connectivity index is 2.82. The highest BCUT2D eigenvalue weighted by Crippen LogP contribution is 2.36. The monoisotopic (exact) mass is 178 g/mol. The third-order valence-electron chi connectivity index (χ3n) is 3.19. The summed E-state index contributed by atoms with van der Waals surface area (Å²) in [5.74, 6) is 2.20. The molecule has 0 aromatic carbocycles. The van der Waals surface area contributed by atoms with E-state index in [9.17, 15) is 0 Å². The summed E-state index contributed by atoms with van der Waals surface area (Å²) in [5.41, 5.74) is 2.93. The molecule has 0 radical (unpaired) electrons. The lowest BCUT2D eigenvalue weighted by Crippen LogP contribution is -2.22. The fraction of sp³-hybridized carbons (Fsp3) is 0.692. The minimum atomic E-state index is 0.726. The van der Waals surface area contributed by atoms with Crippen LogP contribution in [0.3, 0.4) is 0 Å². The molecule has 0 amide bonds. The Morgan fingerprint density at radius 1 is 1.54 bits per heavy atom. The normalized spacial score (nSPS) is 28.8. The summed E-state index contributed by atoms with van der Waals surface area (Å²) < 4.78 is 0. The van der Waals surface area contributed by atoms with Crippen LogP contribution >= 0.6 is 0 Å². The van der Waals surface area contributed by atoms with E-state index in [4.69, 9.17) is 0 Å². The van der Waals surface area contributed by atoms with Crippen molar-refractivity contribution < 1.29 is 0 Å². The molecule has 2 atom stereocenters. The molecule has 1 rings (SSSR count). The first-order valence-corrected chi connectivity index (χ1v) is 5.35. The Morgan fingerprint density at radius 3 is 2.62 bits per heavy atom. The minimum Gasteiger partial charge on any atom is -0.0998 e. The van der Waals surface area contributed by atoms with E-state index in [-0.39, 0.29) is 0 Å². The Morgan fingerprint density at radius 2 is 2.15 bits per heavy atom. The first-order chi connectivity index (χ1) is 6.02. The van der Waals surface area contributed by atoms with Crippen molar-refractivity contribution >= 4 is 0 Å². The van der Waals surface area contributed by atoms with Gasteiger partial charge in [-0.05, 0) is 44.4 Å². The molecule has 0 bridgehead atoms. The Bertz CT molecular complexity index is 220. The summed E-state index contributed by atoms with van der Waals surface area (Å²) >= 11 is 0.